The van der Waals surface area contributed by atoms with Crippen LogP contribution < -0.4 is 5.32 Å². The Kier molecular flexibility index (Phi) is 6.25. The van der Waals surface area contributed by atoms with Gasteiger partial charge in [-0.25, -0.2) is 0 Å². The van der Waals surface area contributed by atoms with Gasteiger partial charge in [-0.15, -0.1) is 11.8 Å². The molecule has 1 amide bonds. The Labute approximate surface area is 79.5 Å². The summed E-state index contributed by atoms with van der Waals surface area (Å²) >= 11 is 1.72. The molecule has 0 aromatic heterocycles. The molecule has 0 fully saturated rings. The van der Waals surface area contributed by atoms with E-state index < -0.39 is 0 Å². The molecule has 2 nitrogen and oxygen atoms in total. The van der Waals surface area contributed by atoms with Crippen LogP contribution in [0.3, 0.4) is 0 Å². The van der Waals surface area contributed by atoms with Crippen molar-refractivity contribution in [1.82, 2.24) is 5.32 Å². The molecule has 0 aliphatic carbocycles. The Morgan fingerprint density at radius 3 is 2.42 bits per heavy atom. The Balaban J connectivity index is 3.56. The largest absolute Gasteiger partial charge is 0.355 e. The molecule has 1 unspecified atom stereocenters. The summed E-state index contributed by atoms with van der Waals surface area (Å²) < 4.78 is 0. The Morgan fingerprint density at radius 2 is 2.00 bits per heavy atom. The van der Waals surface area contributed by atoms with Crippen molar-refractivity contribution in [3.8, 4) is 0 Å². The zero-order chi connectivity index (χ0) is 9.56. The number of amides is 1. The fourth-order valence-corrected chi connectivity index (χ4v) is 1.64. The number of carbonyl (C=O) groups is 1. The van der Waals surface area contributed by atoms with Gasteiger partial charge in [0, 0.05) is 6.54 Å². The van der Waals surface area contributed by atoms with Gasteiger partial charge in [-0.2, -0.15) is 0 Å². The van der Waals surface area contributed by atoms with Gasteiger partial charge in [-0.05, 0) is 25.5 Å². The van der Waals surface area contributed by atoms with Crippen LogP contribution in [-0.2, 0) is 4.79 Å². The van der Waals surface area contributed by atoms with Gasteiger partial charge in [0.05, 0.1) is 5.25 Å². The third kappa shape index (κ3) is 5.47. The van der Waals surface area contributed by atoms with Gasteiger partial charge < -0.3 is 5.32 Å². The predicted octanol–water partition coefficient (Wildman–Crippen LogP) is 1.90. The van der Waals surface area contributed by atoms with Crippen LogP contribution >= 0.6 is 11.8 Å². The molecular weight excluding hydrogens is 170 g/mol. The van der Waals surface area contributed by atoms with E-state index in [0.29, 0.717) is 5.92 Å². The molecule has 0 saturated heterocycles. The van der Waals surface area contributed by atoms with E-state index in [9.17, 15) is 4.79 Å². The Morgan fingerprint density at radius 1 is 1.42 bits per heavy atom. The normalized spacial score (nSPS) is 13.1. The minimum Gasteiger partial charge on any atom is -0.355 e. The molecule has 0 aromatic carbocycles. The minimum absolute atomic E-state index is 0.0901. The Hall–Kier alpha value is -0.180. The lowest BCUT2D eigenvalue weighted by Crippen LogP contribution is -2.30. The molecule has 12 heavy (non-hydrogen) atoms. The molecule has 0 aromatic rings. The summed E-state index contributed by atoms with van der Waals surface area (Å²) in [5, 5.41) is 2.90. The second-order valence-corrected chi connectivity index (χ2v) is 4.64. The maximum Gasteiger partial charge on any atom is 0.232 e. The van der Waals surface area contributed by atoms with Crippen molar-refractivity contribution in [2.24, 2.45) is 5.92 Å². The highest BCUT2D eigenvalue weighted by molar-refractivity contribution is 8.00. The summed E-state index contributed by atoms with van der Waals surface area (Å²) in [6.45, 7) is 8.95. The van der Waals surface area contributed by atoms with E-state index in [2.05, 4.69) is 19.2 Å². The van der Waals surface area contributed by atoms with Crippen molar-refractivity contribution in [1.29, 1.82) is 0 Å². The van der Waals surface area contributed by atoms with Crippen LogP contribution in [0, 0.1) is 5.92 Å². The van der Waals surface area contributed by atoms with E-state index in [0.717, 1.165) is 12.3 Å². The maximum atomic E-state index is 11.2. The minimum atomic E-state index is 0.0901. The summed E-state index contributed by atoms with van der Waals surface area (Å²) in [6, 6.07) is 0. The number of hydrogen-bond donors (Lipinski definition) is 1. The topological polar surface area (TPSA) is 29.1 Å². The summed E-state index contributed by atoms with van der Waals surface area (Å²) in [6.07, 6.45) is 0. The molecule has 0 aliphatic rings. The third-order valence-corrected chi connectivity index (χ3v) is 2.97. The van der Waals surface area contributed by atoms with Crippen LogP contribution in [0.4, 0.5) is 0 Å². The average Bonchev–Trinajstić information content (AvgIpc) is 2.00. The van der Waals surface area contributed by atoms with Crippen molar-refractivity contribution in [2.45, 2.75) is 32.9 Å². The van der Waals surface area contributed by atoms with Gasteiger partial charge in [0.1, 0.15) is 0 Å². The van der Waals surface area contributed by atoms with Gasteiger partial charge in [-0.1, -0.05) is 13.8 Å². The third-order valence-electron chi connectivity index (χ3n) is 1.40. The highest BCUT2D eigenvalue weighted by atomic mass is 32.2. The van der Waals surface area contributed by atoms with Crippen LogP contribution in [0.5, 0.6) is 0 Å². The van der Waals surface area contributed by atoms with E-state index in [-0.39, 0.29) is 11.2 Å². The van der Waals surface area contributed by atoms with E-state index in [1.807, 2.05) is 13.8 Å². The first-order valence-corrected chi connectivity index (χ1v) is 5.52. The van der Waals surface area contributed by atoms with Gasteiger partial charge in [0.2, 0.25) is 5.91 Å². The highest BCUT2D eigenvalue weighted by Crippen LogP contribution is 2.14. The lowest BCUT2D eigenvalue weighted by atomic mass is 10.3. The fraction of sp³-hybridized carbons (Fsp3) is 0.889. The van der Waals surface area contributed by atoms with Crippen LogP contribution in [0.15, 0.2) is 0 Å². The first-order chi connectivity index (χ1) is 5.57. The number of thioether (sulfide) groups is 1. The van der Waals surface area contributed by atoms with Crippen molar-refractivity contribution in [3.63, 3.8) is 0 Å². The smallest absolute Gasteiger partial charge is 0.232 e. The number of nitrogens with one attached hydrogen (secondary N) is 1. The average molecular weight is 189 g/mol. The molecule has 0 spiro atoms. The molecule has 0 radical (unpaired) electrons. The Bertz CT molecular complexity index is 136. The summed E-state index contributed by atoms with van der Waals surface area (Å²) in [5.74, 6) is 1.87. The van der Waals surface area contributed by atoms with Gasteiger partial charge >= 0.3 is 0 Å². The summed E-state index contributed by atoms with van der Waals surface area (Å²) in [7, 11) is 0. The first-order valence-electron chi connectivity index (χ1n) is 4.47. The lowest BCUT2D eigenvalue weighted by Gasteiger charge is -2.11. The van der Waals surface area contributed by atoms with E-state index in [4.69, 9.17) is 0 Å². The van der Waals surface area contributed by atoms with Crippen molar-refractivity contribution >= 4 is 17.7 Å². The van der Waals surface area contributed by atoms with Crippen molar-refractivity contribution in [2.75, 3.05) is 12.3 Å². The highest BCUT2D eigenvalue weighted by Gasteiger charge is 2.11. The molecule has 0 rings (SSSR count). The van der Waals surface area contributed by atoms with E-state index in [1.54, 1.807) is 11.8 Å². The van der Waals surface area contributed by atoms with Crippen molar-refractivity contribution in [3.05, 3.63) is 0 Å². The first kappa shape index (κ1) is 11.8. The van der Waals surface area contributed by atoms with Gasteiger partial charge in [-0.3, -0.25) is 4.79 Å². The van der Waals surface area contributed by atoms with E-state index >= 15 is 0 Å². The number of hydrogen-bond acceptors (Lipinski definition) is 2. The standard InChI is InChI=1S/C9H19NOS/c1-5-10-9(11)8(4)12-6-7(2)3/h7-8H,5-6H2,1-4H3,(H,10,11). The SMILES string of the molecule is CCNC(=O)C(C)SCC(C)C. The van der Waals surface area contributed by atoms with Crippen LogP contribution in [0.2, 0.25) is 0 Å². The molecule has 0 aliphatic heterocycles. The molecule has 0 bridgehead atoms. The molecule has 0 heterocycles. The molecule has 72 valence electrons. The molecular formula is C9H19NOS. The molecule has 0 saturated carbocycles. The monoisotopic (exact) mass is 189 g/mol. The number of rotatable bonds is 5. The quantitative estimate of drug-likeness (QED) is 0.715. The summed E-state index contributed by atoms with van der Waals surface area (Å²) in [5.41, 5.74) is 0. The van der Waals surface area contributed by atoms with E-state index in [1.165, 1.54) is 0 Å². The van der Waals surface area contributed by atoms with Crippen molar-refractivity contribution < 1.29 is 4.79 Å². The zero-order valence-electron chi connectivity index (χ0n) is 8.39. The van der Waals surface area contributed by atoms with Crippen LogP contribution in [-0.4, -0.2) is 23.5 Å². The molecule has 1 N–H and O–H groups in total. The maximum absolute atomic E-state index is 11.2. The lowest BCUT2D eigenvalue weighted by molar-refractivity contribution is -0.120. The second-order valence-electron chi connectivity index (χ2n) is 3.26. The fourth-order valence-electron chi connectivity index (χ4n) is 0.730. The summed E-state index contributed by atoms with van der Waals surface area (Å²) in [4.78, 5) is 11.2. The predicted molar refractivity (Wildman–Crippen MR) is 55.4 cm³/mol. The van der Waals surface area contributed by atoms with Crippen LogP contribution in [0.1, 0.15) is 27.7 Å². The number of carbonyl (C=O) groups excluding carboxylic acids is 1. The molecule has 1 atom stereocenters. The second kappa shape index (κ2) is 6.35. The molecule has 3 heteroatoms. The van der Waals surface area contributed by atoms with Gasteiger partial charge in [0.15, 0.2) is 0 Å². The van der Waals surface area contributed by atoms with Crippen LogP contribution in [0.25, 0.3) is 0 Å². The zero-order valence-corrected chi connectivity index (χ0v) is 9.20. The van der Waals surface area contributed by atoms with Gasteiger partial charge in [0.25, 0.3) is 0 Å².